The summed E-state index contributed by atoms with van der Waals surface area (Å²) in [6, 6.07) is 8.47. The van der Waals surface area contributed by atoms with Crippen molar-refractivity contribution >= 4 is 40.2 Å². The predicted octanol–water partition coefficient (Wildman–Crippen LogP) is 6.48. The largest absolute Gasteiger partial charge is 0.496 e. The molecule has 0 aliphatic rings. The standard InChI is InChI=1S/C21H15ClF5N5OS/c1-9-7-10(21(25,26)27)8-11(22)16(9)32-18(28)14-15(17(23)24)29-20(30-19(14)31-32)34-13-6-4-3-5-12(13)33-2/h3-8,17H,28H2,1-2H3. The van der Waals surface area contributed by atoms with Gasteiger partial charge in [-0.2, -0.15) is 13.2 Å². The molecule has 2 N–H and O–H groups in total. The molecule has 0 amide bonds. The molecule has 4 aromatic rings. The van der Waals surface area contributed by atoms with Gasteiger partial charge in [0.15, 0.2) is 10.8 Å². The van der Waals surface area contributed by atoms with E-state index in [4.69, 9.17) is 22.1 Å². The number of alkyl halides is 5. The van der Waals surface area contributed by atoms with Crippen LogP contribution in [-0.4, -0.2) is 26.9 Å². The molecule has 4 rings (SSSR count). The second-order valence-corrected chi connectivity index (χ2v) is 8.48. The zero-order valence-electron chi connectivity index (χ0n) is 17.5. The third-order valence-corrected chi connectivity index (χ3v) is 6.06. The van der Waals surface area contributed by atoms with Crippen molar-refractivity contribution < 1.29 is 26.7 Å². The van der Waals surface area contributed by atoms with Crippen molar-refractivity contribution in [3.8, 4) is 11.4 Å². The summed E-state index contributed by atoms with van der Waals surface area (Å²) in [6.45, 7) is 1.38. The van der Waals surface area contributed by atoms with Crippen LogP contribution in [0.3, 0.4) is 0 Å². The number of nitrogen functional groups attached to an aromatic ring is 1. The first-order valence-corrected chi connectivity index (χ1v) is 10.7. The number of aryl methyl sites for hydroxylation is 1. The summed E-state index contributed by atoms with van der Waals surface area (Å²) in [6.07, 6.45) is -7.64. The lowest BCUT2D eigenvalue weighted by atomic mass is 10.1. The van der Waals surface area contributed by atoms with Crippen molar-refractivity contribution in [3.05, 3.63) is 58.2 Å². The topological polar surface area (TPSA) is 78.9 Å². The number of nitrogens with two attached hydrogens (primary N) is 1. The minimum absolute atomic E-state index is 0.0179. The van der Waals surface area contributed by atoms with Gasteiger partial charge in [-0.15, -0.1) is 5.10 Å². The molecule has 6 nitrogen and oxygen atoms in total. The highest BCUT2D eigenvalue weighted by Crippen LogP contribution is 2.39. The molecule has 0 unspecified atom stereocenters. The van der Waals surface area contributed by atoms with Crippen LogP contribution in [0, 0.1) is 6.92 Å². The van der Waals surface area contributed by atoms with E-state index >= 15 is 0 Å². The van der Waals surface area contributed by atoms with Crippen LogP contribution in [0.15, 0.2) is 46.5 Å². The Kier molecular flexibility index (Phi) is 6.30. The molecule has 0 saturated carbocycles. The van der Waals surface area contributed by atoms with Crippen molar-refractivity contribution in [3.63, 3.8) is 0 Å². The van der Waals surface area contributed by atoms with E-state index in [1.807, 2.05) is 0 Å². The Bertz CT molecular complexity index is 1370. The number of hydrogen-bond acceptors (Lipinski definition) is 6. The Morgan fingerprint density at radius 3 is 2.47 bits per heavy atom. The second-order valence-electron chi connectivity index (χ2n) is 7.06. The minimum Gasteiger partial charge on any atom is -0.496 e. The third kappa shape index (κ3) is 4.34. The fourth-order valence-corrected chi connectivity index (χ4v) is 4.58. The Morgan fingerprint density at radius 2 is 1.85 bits per heavy atom. The number of benzene rings is 2. The maximum atomic E-state index is 13.9. The van der Waals surface area contributed by atoms with E-state index in [9.17, 15) is 22.0 Å². The van der Waals surface area contributed by atoms with Gasteiger partial charge in [-0.3, -0.25) is 0 Å². The van der Waals surface area contributed by atoms with Gasteiger partial charge < -0.3 is 10.5 Å². The lowest BCUT2D eigenvalue weighted by molar-refractivity contribution is -0.137. The van der Waals surface area contributed by atoms with Crippen molar-refractivity contribution in [2.45, 2.75) is 29.6 Å². The first kappa shape index (κ1) is 24.0. The van der Waals surface area contributed by atoms with Crippen LogP contribution in [0.4, 0.5) is 27.8 Å². The average molecular weight is 516 g/mol. The minimum atomic E-state index is -4.62. The number of ether oxygens (including phenoxy) is 1. The summed E-state index contributed by atoms with van der Waals surface area (Å²) < 4.78 is 73.5. The highest BCUT2D eigenvalue weighted by atomic mass is 35.5. The summed E-state index contributed by atoms with van der Waals surface area (Å²) in [5.74, 6) is 0.218. The summed E-state index contributed by atoms with van der Waals surface area (Å²) in [5, 5.41) is 3.63. The lowest BCUT2D eigenvalue weighted by Crippen LogP contribution is -2.09. The number of methoxy groups -OCH3 is 1. The molecule has 2 aromatic heterocycles. The summed E-state index contributed by atoms with van der Waals surface area (Å²) in [5.41, 5.74) is 4.43. The van der Waals surface area contributed by atoms with Gasteiger partial charge in [0.2, 0.25) is 0 Å². The van der Waals surface area contributed by atoms with Gasteiger partial charge in [0.1, 0.15) is 17.3 Å². The first-order valence-electron chi connectivity index (χ1n) is 9.54. The molecular formula is C21H15ClF5N5OS. The van der Waals surface area contributed by atoms with Crippen LogP contribution in [0.2, 0.25) is 5.02 Å². The van der Waals surface area contributed by atoms with E-state index in [1.54, 1.807) is 24.3 Å². The molecule has 0 saturated heterocycles. The molecule has 0 spiro atoms. The maximum Gasteiger partial charge on any atom is 0.416 e. The van der Waals surface area contributed by atoms with Gasteiger partial charge >= 0.3 is 6.18 Å². The van der Waals surface area contributed by atoms with E-state index in [0.29, 0.717) is 10.6 Å². The number of aromatic nitrogens is 4. The van der Waals surface area contributed by atoms with Crippen LogP contribution in [0.5, 0.6) is 5.75 Å². The van der Waals surface area contributed by atoms with Crippen molar-refractivity contribution in [2.24, 2.45) is 0 Å². The predicted molar refractivity (Wildman–Crippen MR) is 118 cm³/mol. The molecule has 2 aromatic carbocycles. The highest BCUT2D eigenvalue weighted by molar-refractivity contribution is 7.99. The van der Waals surface area contributed by atoms with Gasteiger partial charge in [0.25, 0.3) is 6.43 Å². The van der Waals surface area contributed by atoms with Gasteiger partial charge in [-0.05, 0) is 48.5 Å². The fraction of sp³-hybridized carbons (Fsp3) is 0.190. The number of rotatable bonds is 5. The van der Waals surface area contributed by atoms with Crippen LogP contribution < -0.4 is 10.5 Å². The Hall–Kier alpha value is -3.12. The number of fused-ring (bicyclic) bond motifs is 1. The molecule has 34 heavy (non-hydrogen) atoms. The third-order valence-electron chi connectivity index (χ3n) is 4.85. The zero-order chi connectivity index (χ0) is 24.8. The molecular weight excluding hydrogens is 501 g/mol. The van der Waals surface area contributed by atoms with Crippen LogP contribution in [0.25, 0.3) is 16.7 Å². The number of hydrogen-bond donors (Lipinski definition) is 1. The summed E-state index contributed by atoms with van der Waals surface area (Å²) in [7, 11) is 1.46. The van der Waals surface area contributed by atoms with E-state index in [1.165, 1.54) is 14.0 Å². The first-order chi connectivity index (χ1) is 16.0. The van der Waals surface area contributed by atoms with Crippen molar-refractivity contribution in [1.29, 1.82) is 0 Å². The Balaban J connectivity index is 1.89. The SMILES string of the molecule is COc1ccccc1Sc1nc(C(F)F)c2c(N)n(-c3c(C)cc(C(F)(F)F)cc3Cl)nc2n1. The lowest BCUT2D eigenvalue weighted by Gasteiger charge is -2.14. The normalized spacial score (nSPS) is 12.0. The van der Waals surface area contributed by atoms with Gasteiger partial charge in [-0.25, -0.2) is 23.4 Å². The molecule has 0 atom stereocenters. The van der Waals surface area contributed by atoms with Crippen LogP contribution in [-0.2, 0) is 6.18 Å². The molecule has 13 heteroatoms. The van der Waals surface area contributed by atoms with Crippen molar-refractivity contribution in [2.75, 3.05) is 12.8 Å². The molecule has 0 aliphatic heterocycles. The van der Waals surface area contributed by atoms with Gasteiger partial charge in [0.05, 0.1) is 33.7 Å². The molecule has 2 heterocycles. The van der Waals surface area contributed by atoms with Crippen molar-refractivity contribution in [1.82, 2.24) is 19.7 Å². The molecule has 0 fully saturated rings. The van der Waals surface area contributed by atoms with Crippen LogP contribution in [0.1, 0.15) is 23.2 Å². The summed E-state index contributed by atoms with van der Waals surface area (Å²) in [4.78, 5) is 8.78. The molecule has 0 aliphatic carbocycles. The second kappa shape index (κ2) is 8.91. The van der Waals surface area contributed by atoms with E-state index < -0.39 is 23.9 Å². The Morgan fingerprint density at radius 1 is 1.15 bits per heavy atom. The van der Waals surface area contributed by atoms with Gasteiger partial charge in [0, 0.05) is 0 Å². The number of halogens is 6. The zero-order valence-corrected chi connectivity index (χ0v) is 19.1. The molecule has 0 radical (unpaired) electrons. The van der Waals surface area contributed by atoms with Crippen LogP contribution >= 0.6 is 23.4 Å². The Labute approximate surface area is 198 Å². The average Bonchev–Trinajstić information content (AvgIpc) is 3.08. The van der Waals surface area contributed by atoms with E-state index in [0.717, 1.165) is 28.6 Å². The number of para-hydroxylation sites is 1. The molecule has 178 valence electrons. The summed E-state index contributed by atoms with van der Waals surface area (Å²) >= 11 is 7.12. The quantitative estimate of drug-likeness (QED) is 0.242. The number of anilines is 1. The maximum absolute atomic E-state index is 13.9. The monoisotopic (exact) mass is 515 g/mol. The fourth-order valence-electron chi connectivity index (χ4n) is 3.36. The van der Waals surface area contributed by atoms with Gasteiger partial charge in [-0.1, -0.05) is 23.7 Å². The number of nitrogens with zero attached hydrogens (tertiary/aromatic N) is 4. The van der Waals surface area contributed by atoms with E-state index in [2.05, 4.69) is 15.1 Å². The smallest absolute Gasteiger partial charge is 0.416 e. The molecule has 0 bridgehead atoms. The highest BCUT2D eigenvalue weighted by Gasteiger charge is 2.32. The van der Waals surface area contributed by atoms with E-state index in [-0.39, 0.29) is 38.3 Å².